The highest BCUT2D eigenvalue weighted by atomic mass is 35.5. The first-order valence-electron chi connectivity index (χ1n) is 5.07. The molecule has 0 unspecified atom stereocenters. The maximum Gasteiger partial charge on any atom is 0.161 e. The second kappa shape index (κ2) is 4.83. The molecule has 0 aliphatic rings. The number of benzene rings is 1. The molecule has 1 aromatic rings. The van der Waals surface area contributed by atoms with Crippen LogP contribution >= 0.6 is 11.6 Å². The normalized spacial score (nSPS) is 10.7. The quantitative estimate of drug-likeness (QED) is 0.757. The zero-order valence-corrected chi connectivity index (χ0v) is 10.6. The highest BCUT2D eigenvalue weighted by Gasteiger charge is 2.16. The largest absolute Gasteiger partial charge is 0.372 e. The van der Waals surface area contributed by atoms with Crippen LogP contribution in [0.5, 0.6) is 0 Å². The minimum Gasteiger partial charge on any atom is -0.372 e. The third-order valence-corrected chi connectivity index (χ3v) is 2.86. The van der Waals surface area contributed by atoms with Crippen LogP contribution in [0.3, 0.4) is 0 Å². The van der Waals surface area contributed by atoms with Gasteiger partial charge in [-0.3, -0.25) is 4.79 Å². The van der Waals surface area contributed by atoms with Gasteiger partial charge in [0.2, 0.25) is 0 Å². The zero-order chi connectivity index (χ0) is 12.5. The lowest BCUT2D eigenvalue weighted by molar-refractivity contribution is 0.101. The molecule has 0 fully saturated rings. The van der Waals surface area contributed by atoms with Crippen LogP contribution in [0.1, 0.15) is 31.1 Å². The molecule has 0 radical (unpaired) electrons. The van der Waals surface area contributed by atoms with Crippen LogP contribution < -0.4 is 4.90 Å². The Morgan fingerprint density at radius 1 is 1.44 bits per heavy atom. The van der Waals surface area contributed by atoms with Crippen LogP contribution in [0.25, 0.3) is 0 Å². The third kappa shape index (κ3) is 2.53. The van der Waals surface area contributed by atoms with E-state index in [1.54, 1.807) is 0 Å². The third-order valence-electron chi connectivity index (χ3n) is 2.57. The molecule has 1 aromatic carbocycles. The van der Waals surface area contributed by atoms with Crippen LogP contribution in [-0.4, -0.2) is 18.9 Å². The number of ketones is 1. The lowest BCUT2D eigenvalue weighted by Crippen LogP contribution is -2.27. The predicted molar refractivity (Wildman–Crippen MR) is 65.0 cm³/mol. The lowest BCUT2D eigenvalue weighted by atomic mass is 10.1. The molecule has 0 saturated heterocycles. The first-order chi connectivity index (χ1) is 7.34. The molecular formula is C12H15ClFNO. The van der Waals surface area contributed by atoms with Gasteiger partial charge in [0, 0.05) is 24.3 Å². The summed E-state index contributed by atoms with van der Waals surface area (Å²) in [6.45, 7) is 5.39. The molecule has 0 bridgehead atoms. The van der Waals surface area contributed by atoms with Crippen LogP contribution in [0, 0.1) is 5.82 Å². The van der Waals surface area contributed by atoms with Crippen molar-refractivity contribution in [3.05, 3.63) is 28.5 Å². The van der Waals surface area contributed by atoms with Crippen molar-refractivity contribution in [2.24, 2.45) is 0 Å². The fourth-order valence-electron chi connectivity index (χ4n) is 1.39. The number of hydrogen-bond donors (Lipinski definition) is 0. The van der Waals surface area contributed by atoms with Gasteiger partial charge in [-0.25, -0.2) is 4.39 Å². The highest BCUT2D eigenvalue weighted by molar-refractivity contribution is 6.31. The number of halogens is 2. The van der Waals surface area contributed by atoms with Crippen LogP contribution in [-0.2, 0) is 0 Å². The SMILES string of the molecule is CC(=O)c1cc(F)c(Cl)cc1N(C)C(C)C. The first-order valence-corrected chi connectivity index (χ1v) is 5.45. The summed E-state index contributed by atoms with van der Waals surface area (Å²) in [6, 6.07) is 2.89. The molecule has 0 amide bonds. The molecule has 0 aromatic heterocycles. The van der Waals surface area contributed by atoms with E-state index in [0.717, 1.165) is 0 Å². The number of hydrogen-bond acceptors (Lipinski definition) is 2. The Balaban J connectivity index is 3.36. The molecule has 1 rings (SSSR count). The summed E-state index contributed by atoms with van der Waals surface area (Å²) in [6.07, 6.45) is 0. The fourth-order valence-corrected chi connectivity index (χ4v) is 1.55. The Bertz CT molecular complexity index is 418. The topological polar surface area (TPSA) is 20.3 Å². The van der Waals surface area contributed by atoms with E-state index < -0.39 is 5.82 Å². The summed E-state index contributed by atoms with van der Waals surface area (Å²) in [7, 11) is 1.85. The molecule has 4 heteroatoms. The van der Waals surface area contributed by atoms with E-state index in [1.165, 1.54) is 19.1 Å². The van der Waals surface area contributed by atoms with Gasteiger partial charge in [0.05, 0.1) is 5.02 Å². The van der Waals surface area contributed by atoms with E-state index in [4.69, 9.17) is 11.6 Å². The van der Waals surface area contributed by atoms with Crippen molar-refractivity contribution in [1.82, 2.24) is 0 Å². The molecule has 2 nitrogen and oxygen atoms in total. The lowest BCUT2D eigenvalue weighted by Gasteiger charge is -2.26. The minimum absolute atomic E-state index is 0.0347. The Labute approximate surface area is 100 Å². The van der Waals surface area contributed by atoms with Crippen molar-refractivity contribution in [3.8, 4) is 0 Å². The Hall–Kier alpha value is -1.09. The molecule has 0 aliphatic carbocycles. The summed E-state index contributed by atoms with van der Waals surface area (Å²) in [5, 5.41) is 0.0347. The van der Waals surface area contributed by atoms with E-state index in [2.05, 4.69) is 0 Å². The van der Waals surface area contributed by atoms with Crippen molar-refractivity contribution in [2.75, 3.05) is 11.9 Å². The smallest absolute Gasteiger partial charge is 0.161 e. The first kappa shape index (κ1) is 13.0. The van der Waals surface area contributed by atoms with Gasteiger partial charge in [-0.2, -0.15) is 0 Å². The van der Waals surface area contributed by atoms with E-state index in [1.807, 2.05) is 25.8 Å². The molecule has 0 atom stereocenters. The van der Waals surface area contributed by atoms with E-state index in [9.17, 15) is 9.18 Å². The number of anilines is 1. The number of carbonyl (C=O) groups is 1. The molecule has 16 heavy (non-hydrogen) atoms. The standard InChI is InChI=1S/C12H15ClFNO/c1-7(2)15(4)12-6-10(13)11(14)5-9(12)8(3)16/h5-7H,1-4H3. The Morgan fingerprint density at radius 2 is 2.00 bits per heavy atom. The van der Waals surface area contributed by atoms with E-state index >= 15 is 0 Å². The molecule has 0 aliphatic heterocycles. The van der Waals surface area contributed by atoms with Gasteiger partial charge >= 0.3 is 0 Å². The van der Waals surface area contributed by atoms with E-state index in [-0.39, 0.29) is 16.8 Å². The molecule has 0 heterocycles. The van der Waals surface area contributed by atoms with Crippen LogP contribution in [0.4, 0.5) is 10.1 Å². The van der Waals surface area contributed by atoms with Gasteiger partial charge < -0.3 is 4.90 Å². The number of rotatable bonds is 3. The predicted octanol–water partition coefficient (Wildman–Crippen LogP) is 3.53. The maximum atomic E-state index is 13.3. The summed E-state index contributed by atoms with van der Waals surface area (Å²) >= 11 is 5.73. The summed E-state index contributed by atoms with van der Waals surface area (Å²) < 4.78 is 13.3. The minimum atomic E-state index is -0.562. The van der Waals surface area contributed by atoms with Crippen molar-refractivity contribution < 1.29 is 9.18 Å². The van der Waals surface area contributed by atoms with Gasteiger partial charge in [0.15, 0.2) is 5.78 Å². The van der Waals surface area contributed by atoms with Crippen molar-refractivity contribution in [1.29, 1.82) is 0 Å². The number of carbonyl (C=O) groups excluding carboxylic acids is 1. The Kier molecular flexibility index (Phi) is 3.92. The fraction of sp³-hybridized carbons (Fsp3) is 0.417. The molecule has 0 spiro atoms. The van der Waals surface area contributed by atoms with Crippen LogP contribution in [0.15, 0.2) is 12.1 Å². The van der Waals surface area contributed by atoms with Gasteiger partial charge in [0.1, 0.15) is 5.82 Å². The average molecular weight is 244 g/mol. The highest BCUT2D eigenvalue weighted by Crippen LogP contribution is 2.28. The molecule has 0 saturated carbocycles. The maximum absolute atomic E-state index is 13.3. The Morgan fingerprint density at radius 3 is 2.44 bits per heavy atom. The molecular weight excluding hydrogens is 229 g/mol. The van der Waals surface area contributed by atoms with Gasteiger partial charge in [-0.1, -0.05) is 11.6 Å². The number of Topliss-reactive ketones (excluding diaryl/α,β-unsaturated/α-hetero) is 1. The zero-order valence-electron chi connectivity index (χ0n) is 9.84. The summed E-state index contributed by atoms with van der Waals surface area (Å²) in [4.78, 5) is 13.3. The van der Waals surface area contributed by atoms with Gasteiger partial charge in [-0.05, 0) is 32.9 Å². The van der Waals surface area contributed by atoms with Crippen molar-refractivity contribution in [3.63, 3.8) is 0 Å². The average Bonchev–Trinajstić information content (AvgIpc) is 2.19. The molecule has 88 valence electrons. The second-order valence-electron chi connectivity index (χ2n) is 4.04. The summed E-state index contributed by atoms with van der Waals surface area (Å²) in [5.41, 5.74) is 1.02. The monoisotopic (exact) mass is 243 g/mol. The molecule has 0 N–H and O–H groups in total. The number of nitrogens with zero attached hydrogens (tertiary/aromatic N) is 1. The van der Waals surface area contributed by atoms with Gasteiger partial charge in [0.25, 0.3) is 0 Å². The second-order valence-corrected chi connectivity index (χ2v) is 4.45. The van der Waals surface area contributed by atoms with E-state index in [0.29, 0.717) is 11.3 Å². The van der Waals surface area contributed by atoms with Crippen molar-refractivity contribution >= 4 is 23.1 Å². The van der Waals surface area contributed by atoms with Crippen molar-refractivity contribution in [2.45, 2.75) is 26.8 Å². The van der Waals surface area contributed by atoms with Crippen LogP contribution in [0.2, 0.25) is 5.02 Å². The van der Waals surface area contributed by atoms with Gasteiger partial charge in [-0.15, -0.1) is 0 Å². The summed E-state index contributed by atoms with van der Waals surface area (Å²) in [5.74, 6) is -0.731.